The number of nitrogens with one attached hydrogen (secondary N) is 1. The van der Waals surface area contributed by atoms with Crippen LogP contribution in [0.25, 0.3) is 5.69 Å². The first-order valence-electron chi connectivity index (χ1n) is 9.86. The molecule has 2 aromatic heterocycles. The highest BCUT2D eigenvalue weighted by molar-refractivity contribution is 7.91. The van der Waals surface area contributed by atoms with Crippen molar-refractivity contribution in [3.05, 3.63) is 77.5 Å². The van der Waals surface area contributed by atoms with Gasteiger partial charge in [-0.25, -0.2) is 27.1 Å². The molecule has 10 nitrogen and oxygen atoms in total. The molecule has 12 heteroatoms. The smallest absolute Gasteiger partial charge is 0.332 e. The summed E-state index contributed by atoms with van der Waals surface area (Å²) in [5, 5.41) is 15.1. The number of esters is 1. The van der Waals surface area contributed by atoms with E-state index in [0.717, 1.165) is 10.7 Å². The molecule has 34 heavy (non-hydrogen) atoms. The number of pyridine rings is 1. The Balaban J connectivity index is 2.16. The number of rotatable bonds is 8. The van der Waals surface area contributed by atoms with Gasteiger partial charge in [-0.15, -0.1) is 0 Å². The SMILES string of the molecule is CNC(OC(=O)/C=C/C(=O)O)c1cc(S(=O)(=O)c2ccc(C)nc2)n(-c2cc(C)ccc2F)n1. The summed E-state index contributed by atoms with van der Waals surface area (Å²) >= 11 is 0. The molecule has 0 aliphatic carbocycles. The second kappa shape index (κ2) is 9.93. The predicted octanol–water partition coefficient (Wildman–Crippen LogP) is 2.26. The van der Waals surface area contributed by atoms with E-state index in [1.54, 1.807) is 13.8 Å². The largest absolute Gasteiger partial charge is 0.478 e. The van der Waals surface area contributed by atoms with Crippen molar-refractivity contribution >= 4 is 21.8 Å². The first-order valence-corrected chi connectivity index (χ1v) is 11.3. The molecule has 3 aromatic rings. The molecular weight excluding hydrogens is 467 g/mol. The van der Waals surface area contributed by atoms with E-state index in [9.17, 15) is 22.4 Å². The van der Waals surface area contributed by atoms with E-state index in [0.29, 0.717) is 23.4 Å². The van der Waals surface area contributed by atoms with Gasteiger partial charge in [0.1, 0.15) is 17.2 Å². The van der Waals surface area contributed by atoms with Crippen LogP contribution in [0.15, 0.2) is 64.7 Å². The van der Waals surface area contributed by atoms with Gasteiger partial charge in [0.05, 0.1) is 4.90 Å². The monoisotopic (exact) mass is 488 g/mol. The van der Waals surface area contributed by atoms with Crippen LogP contribution in [0.2, 0.25) is 0 Å². The molecule has 0 bridgehead atoms. The van der Waals surface area contributed by atoms with Crippen LogP contribution >= 0.6 is 0 Å². The molecule has 1 atom stereocenters. The van der Waals surface area contributed by atoms with Gasteiger partial charge in [-0.2, -0.15) is 5.10 Å². The lowest BCUT2D eigenvalue weighted by molar-refractivity contribution is -0.145. The lowest BCUT2D eigenvalue weighted by Gasteiger charge is -2.13. The zero-order chi connectivity index (χ0) is 25.0. The molecule has 0 saturated heterocycles. The van der Waals surface area contributed by atoms with E-state index >= 15 is 0 Å². The summed E-state index contributed by atoms with van der Waals surface area (Å²) in [4.78, 5) is 26.5. The van der Waals surface area contributed by atoms with E-state index in [4.69, 9.17) is 9.84 Å². The van der Waals surface area contributed by atoms with Crippen LogP contribution in [-0.4, -0.2) is 47.3 Å². The molecule has 178 valence electrons. The Hall–Kier alpha value is -3.90. The van der Waals surface area contributed by atoms with Crippen LogP contribution in [0.5, 0.6) is 0 Å². The van der Waals surface area contributed by atoms with E-state index in [2.05, 4.69) is 15.4 Å². The molecule has 0 aliphatic heterocycles. The molecule has 3 rings (SSSR count). The van der Waals surface area contributed by atoms with Crippen molar-refractivity contribution in [2.75, 3.05) is 7.05 Å². The van der Waals surface area contributed by atoms with E-state index in [1.807, 2.05) is 0 Å². The van der Waals surface area contributed by atoms with E-state index in [1.165, 1.54) is 43.6 Å². The van der Waals surface area contributed by atoms with E-state index < -0.39 is 33.8 Å². The molecule has 0 radical (unpaired) electrons. The fourth-order valence-electron chi connectivity index (χ4n) is 2.95. The van der Waals surface area contributed by atoms with Crippen LogP contribution in [0.3, 0.4) is 0 Å². The molecule has 0 aliphatic rings. The number of halogens is 1. The zero-order valence-corrected chi connectivity index (χ0v) is 19.2. The lowest BCUT2D eigenvalue weighted by Crippen LogP contribution is -2.23. The maximum Gasteiger partial charge on any atom is 0.332 e. The summed E-state index contributed by atoms with van der Waals surface area (Å²) in [5.41, 5.74) is 1.08. The summed E-state index contributed by atoms with van der Waals surface area (Å²) in [6.07, 6.45) is 1.21. The number of carbonyl (C=O) groups excluding carboxylic acids is 1. The van der Waals surface area contributed by atoms with Crippen molar-refractivity contribution in [2.24, 2.45) is 0 Å². The zero-order valence-electron chi connectivity index (χ0n) is 18.4. The first-order chi connectivity index (χ1) is 16.0. The van der Waals surface area contributed by atoms with Gasteiger partial charge < -0.3 is 9.84 Å². The minimum Gasteiger partial charge on any atom is -0.478 e. The number of carbonyl (C=O) groups is 2. The first kappa shape index (κ1) is 24.7. The Morgan fingerprint density at radius 2 is 1.91 bits per heavy atom. The molecule has 2 heterocycles. The van der Waals surface area contributed by atoms with Gasteiger partial charge in [-0.05, 0) is 50.7 Å². The highest BCUT2D eigenvalue weighted by Gasteiger charge is 2.29. The Bertz CT molecular complexity index is 1370. The Labute approximate surface area is 194 Å². The van der Waals surface area contributed by atoms with Gasteiger partial charge in [0.15, 0.2) is 11.3 Å². The molecule has 2 N–H and O–H groups in total. The number of nitrogens with zero attached hydrogens (tertiary/aromatic N) is 3. The highest BCUT2D eigenvalue weighted by atomic mass is 32.2. The molecule has 0 fully saturated rings. The second-order valence-electron chi connectivity index (χ2n) is 7.19. The van der Waals surface area contributed by atoms with Crippen molar-refractivity contribution in [3.63, 3.8) is 0 Å². The van der Waals surface area contributed by atoms with Crippen LogP contribution in [-0.2, 0) is 24.2 Å². The minimum absolute atomic E-state index is 0.0564. The number of aromatic nitrogens is 3. The number of ether oxygens (including phenoxy) is 1. The maximum absolute atomic E-state index is 14.7. The van der Waals surface area contributed by atoms with Gasteiger partial charge in [0.25, 0.3) is 0 Å². The Morgan fingerprint density at radius 3 is 2.53 bits per heavy atom. The van der Waals surface area contributed by atoms with E-state index in [-0.39, 0.29) is 21.3 Å². The number of sulfone groups is 1. The second-order valence-corrected chi connectivity index (χ2v) is 9.09. The van der Waals surface area contributed by atoms with Crippen molar-refractivity contribution in [3.8, 4) is 5.69 Å². The Morgan fingerprint density at radius 1 is 1.18 bits per heavy atom. The topological polar surface area (TPSA) is 140 Å². The third-order valence-electron chi connectivity index (χ3n) is 4.62. The van der Waals surface area contributed by atoms with Gasteiger partial charge >= 0.3 is 11.9 Å². The van der Waals surface area contributed by atoms with Gasteiger partial charge in [-0.3, -0.25) is 10.3 Å². The molecule has 1 unspecified atom stereocenters. The number of carboxylic acid groups (broad SMARTS) is 1. The minimum atomic E-state index is -4.22. The number of benzene rings is 1. The third kappa shape index (κ3) is 5.35. The Kier molecular flexibility index (Phi) is 7.23. The maximum atomic E-state index is 14.7. The van der Waals surface area contributed by atoms with Gasteiger partial charge in [0.2, 0.25) is 9.84 Å². The average molecular weight is 488 g/mol. The summed E-state index contributed by atoms with van der Waals surface area (Å²) in [6, 6.07) is 8.17. The number of aliphatic carboxylic acids is 1. The van der Waals surface area contributed by atoms with Crippen molar-refractivity contribution < 1.29 is 32.2 Å². The molecule has 0 amide bonds. The van der Waals surface area contributed by atoms with Gasteiger partial charge in [-0.1, -0.05) is 6.07 Å². The summed E-state index contributed by atoms with van der Waals surface area (Å²) in [5.74, 6) is -3.08. The number of aryl methyl sites for hydroxylation is 2. The average Bonchev–Trinajstić information content (AvgIpc) is 3.24. The molecule has 0 spiro atoms. The van der Waals surface area contributed by atoms with Gasteiger partial charge in [0, 0.05) is 30.1 Å². The summed E-state index contributed by atoms with van der Waals surface area (Å²) < 4.78 is 47.7. The fourth-order valence-corrected chi connectivity index (χ4v) is 4.28. The highest BCUT2D eigenvalue weighted by Crippen LogP contribution is 2.28. The third-order valence-corrected chi connectivity index (χ3v) is 6.33. The summed E-state index contributed by atoms with van der Waals surface area (Å²) in [7, 11) is -2.80. The lowest BCUT2D eigenvalue weighted by atomic mass is 10.2. The summed E-state index contributed by atoms with van der Waals surface area (Å²) in [6.45, 7) is 3.41. The van der Waals surface area contributed by atoms with Crippen LogP contribution in [0, 0.1) is 19.7 Å². The van der Waals surface area contributed by atoms with Crippen molar-refractivity contribution in [1.82, 2.24) is 20.1 Å². The fraction of sp³-hybridized carbons (Fsp3) is 0.182. The van der Waals surface area contributed by atoms with Crippen LogP contribution in [0.4, 0.5) is 4.39 Å². The normalized spacial score (nSPS) is 12.6. The number of carboxylic acids is 1. The number of hydrogen-bond donors (Lipinski definition) is 2. The molecule has 1 aromatic carbocycles. The van der Waals surface area contributed by atoms with Crippen molar-refractivity contribution in [2.45, 2.75) is 30.0 Å². The standard InChI is InChI=1S/C22H21FN4O6S/c1-13-4-7-16(23)18(10-13)27-19(34(31,32)15-6-5-14(2)25-12-15)11-17(26-27)22(24-3)33-21(30)9-8-20(28)29/h4-12,22,24H,1-3H3,(H,28,29)/b9-8+. The molecule has 0 saturated carbocycles. The predicted molar refractivity (Wildman–Crippen MR) is 117 cm³/mol. The van der Waals surface area contributed by atoms with Crippen LogP contribution < -0.4 is 5.32 Å². The van der Waals surface area contributed by atoms with Crippen molar-refractivity contribution in [1.29, 1.82) is 0 Å². The number of hydrogen-bond acceptors (Lipinski definition) is 8. The van der Waals surface area contributed by atoms with Crippen LogP contribution in [0.1, 0.15) is 23.2 Å². The quantitative estimate of drug-likeness (QED) is 0.277. The molecular formula is C22H21FN4O6S.